The van der Waals surface area contributed by atoms with Crippen molar-refractivity contribution >= 4 is 5.91 Å². The first-order chi connectivity index (χ1) is 9.60. The van der Waals surface area contributed by atoms with Crippen LogP contribution in [-0.2, 0) is 11.2 Å². The average molecular weight is 280 g/mol. The summed E-state index contributed by atoms with van der Waals surface area (Å²) in [4.78, 5) is 12.0. The molecule has 1 aliphatic carbocycles. The fourth-order valence-electron chi connectivity index (χ4n) is 2.99. The molecule has 0 radical (unpaired) electrons. The summed E-state index contributed by atoms with van der Waals surface area (Å²) in [5.74, 6) is 1.22. The molecule has 1 fully saturated rings. The Labute approximate surface area is 119 Å². The van der Waals surface area contributed by atoms with Crippen LogP contribution in [0.25, 0.3) is 0 Å². The zero-order valence-corrected chi connectivity index (χ0v) is 12.3. The number of rotatable bonds is 5. The van der Waals surface area contributed by atoms with Crippen LogP contribution in [0.4, 0.5) is 0 Å². The number of aromatic nitrogens is 1. The number of nitrogens with zero attached hydrogens (tertiary/aromatic N) is 1. The molecule has 20 heavy (non-hydrogen) atoms. The van der Waals surface area contributed by atoms with Crippen molar-refractivity contribution in [3.63, 3.8) is 0 Å². The molecule has 0 saturated heterocycles. The highest BCUT2D eigenvalue weighted by molar-refractivity contribution is 5.76. The number of hydrogen-bond donors (Lipinski definition) is 2. The lowest BCUT2D eigenvalue weighted by Crippen LogP contribution is -2.39. The van der Waals surface area contributed by atoms with E-state index in [0.717, 1.165) is 42.7 Å². The van der Waals surface area contributed by atoms with Crippen molar-refractivity contribution in [3.05, 3.63) is 17.0 Å². The van der Waals surface area contributed by atoms with E-state index >= 15 is 0 Å². The lowest BCUT2D eigenvalue weighted by Gasteiger charge is -2.28. The predicted octanol–water partition coefficient (Wildman–Crippen LogP) is 1.89. The number of carbonyl (C=O) groups excluding carboxylic acids is 1. The molecule has 1 saturated carbocycles. The maximum atomic E-state index is 12.0. The number of nitrogens with one attached hydrogen (secondary N) is 1. The van der Waals surface area contributed by atoms with Crippen LogP contribution < -0.4 is 5.32 Å². The molecule has 112 valence electrons. The molecule has 0 bridgehead atoms. The van der Waals surface area contributed by atoms with Crippen molar-refractivity contribution in [1.29, 1.82) is 0 Å². The summed E-state index contributed by atoms with van der Waals surface area (Å²) in [5, 5.41) is 16.2. The van der Waals surface area contributed by atoms with Crippen molar-refractivity contribution < 1.29 is 14.4 Å². The third kappa shape index (κ3) is 3.82. The lowest BCUT2D eigenvalue weighted by molar-refractivity contribution is -0.122. The Morgan fingerprint density at radius 1 is 1.45 bits per heavy atom. The fourth-order valence-corrected chi connectivity index (χ4v) is 2.99. The van der Waals surface area contributed by atoms with Crippen LogP contribution in [0.1, 0.15) is 49.1 Å². The zero-order chi connectivity index (χ0) is 14.5. The minimum Gasteiger partial charge on any atom is -0.396 e. The second kappa shape index (κ2) is 6.88. The van der Waals surface area contributed by atoms with Gasteiger partial charge in [0.15, 0.2) is 0 Å². The molecule has 5 nitrogen and oxygen atoms in total. The number of hydrogen-bond acceptors (Lipinski definition) is 4. The van der Waals surface area contributed by atoms with Gasteiger partial charge < -0.3 is 14.9 Å². The summed E-state index contributed by atoms with van der Waals surface area (Å²) in [6, 6.07) is 0.220. The summed E-state index contributed by atoms with van der Waals surface area (Å²) in [5.41, 5.74) is 1.91. The molecule has 2 atom stereocenters. The van der Waals surface area contributed by atoms with Crippen molar-refractivity contribution in [1.82, 2.24) is 10.5 Å². The number of carbonyl (C=O) groups is 1. The van der Waals surface area contributed by atoms with Gasteiger partial charge in [-0.2, -0.15) is 0 Å². The third-order valence-electron chi connectivity index (χ3n) is 4.19. The summed E-state index contributed by atoms with van der Waals surface area (Å²) in [6.45, 7) is 4.00. The summed E-state index contributed by atoms with van der Waals surface area (Å²) < 4.78 is 5.10. The maximum absolute atomic E-state index is 12.0. The smallest absolute Gasteiger partial charge is 0.220 e. The van der Waals surface area contributed by atoms with Crippen LogP contribution in [0.15, 0.2) is 4.52 Å². The van der Waals surface area contributed by atoms with Gasteiger partial charge in [0.25, 0.3) is 0 Å². The molecule has 0 aromatic carbocycles. The Morgan fingerprint density at radius 3 is 2.90 bits per heavy atom. The normalized spacial score (nSPS) is 22.8. The Hall–Kier alpha value is -1.36. The highest BCUT2D eigenvalue weighted by Crippen LogP contribution is 2.24. The number of aliphatic hydroxyl groups is 1. The van der Waals surface area contributed by atoms with Gasteiger partial charge in [0.1, 0.15) is 5.76 Å². The summed E-state index contributed by atoms with van der Waals surface area (Å²) in [7, 11) is 0. The van der Waals surface area contributed by atoms with Gasteiger partial charge in [0, 0.05) is 24.6 Å². The van der Waals surface area contributed by atoms with Gasteiger partial charge in [-0.25, -0.2) is 0 Å². The number of aryl methyl sites for hydroxylation is 2. The molecular weight excluding hydrogens is 256 g/mol. The first kappa shape index (κ1) is 15.0. The number of amides is 1. The molecule has 2 N–H and O–H groups in total. The van der Waals surface area contributed by atoms with Crippen molar-refractivity contribution in [2.45, 2.75) is 58.4 Å². The average Bonchev–Trinajstić information content (AvgIpc) is 2.76. The van der Waals surface area contributed by atoms with E-state index in [1.807, 2.05) is 13.8 Å². The van der Waals surface area contributed by atoms with Crippen LogP contribution >= 0.6 is 0 Å². The minimum atomic E-state index is 0.0774. The molecule has 1 aromatic heterocycles. The Balaban J connectivity index is 1.78. The zero-order valence-electron chi connectivity index (χ0n) is 12.3. The molecule has 0 spiro atoms. The van der Waals surface area contributed by atoms with E-state index in [-0.39, 0.29) is 18.6 Å². The van der Waals surface area contributed by atoms with Crippen LogP contribution in [0.3, 0.4) is 0 Å². The quantitative estimate of drug-likeness (QED) is 0.863. The molecule has 0 unspecified atom stereocenters. The Kier molecular flexibility index (Phi) is 5.17. The molecular formula is C15H24N2O3. The highest BCUT2D eigenvalue weighted by atomic mass is 16.5. The largest absolute Gasteiger partial charge is 0.396 e. The highest BCUT2D eigenvalue weighted by Gasteiger charge is 2.22. The van der Waals surface area contributed by atoms with Gasteiger partial charge in [-0.1, -0.05) is 11.6 Å². The standard InChI is InChI=1S/C15H24N2O3/c1-10-14(11(2)20-17-10)6-7-15(19)16-13-5-3-4-12(8-13)9-18/h12-13,18H,3-9H2,1-2H3,(H,16,19)/t12-,13-/m1/s1. The second-order valence-electron chi connectivity index (χ2n) is 5.78. The van der Waals surface area contributed by atoms with Crippen LogP contribution in [0.5, 0.6) is 0 Å². The maximum Gasteiger partial charge on any atom is 0.220 e. The van der Waals surface area contributed by atoms with E-state index in [0.29, 0.717) is 18.8 Å². The molecule has 1 heterocycles. The van der Waals surface area contributed by atoms with Crippen LogP contribution in [0, 0.1) is 19.8 Å². The summed E-state index contributed by atoms with van der Waals surface area (Å²) >= 11 is 0. The molecule has 1 aromatic rings. The van der Waals surface area contributed by atoms with Gasteiger partial charge in [-0.05, 0) is 45.4 Å². The van der Waals surface area contributed by atoms with Gasteiger partial charge in [-0.15, -0.1) is 0 Å². The van der Waals surface area contributed by atoms with Gasteiger partial charge >= 0.3 is 0 Å². The summed E-state index contributed by atoms with van der Waals surface area (Å²) in [6.07, 6.45) is 5.20. The Bertz CT molecular complexity index is 436. The number of aliphatic hydroxyl groups excluding tert-OH is 1. The fraction of sp³-hybridized carbons (Fsp3) is 0.733. The van der Waals surface area contributed by atoms with E-state index in [4.69, 9.17) is 4.52 Å². The van der Waals surface area contributed by atoms with Gasteiger partial charge in [0.2, 0.25) is 5.91 Å². The molecule has 1 aliphatic rings. The van der Waals surface area contributed by atoms with E-state index in [1.54, 1.807) is 0 Å². The van der Waals surface area contributed by atoms with E-state index in [2.05, 4.69) is 10.5 Å². The Morgan fingerprint density at radius 2 is 2.25 bits per heavy atom. The van der Waals surface area contributed by atoms with E-state index in [9.17, 15) is 9.90 Å². The first-order valence-corrected chi connectivity index (χ1v) is 7.42. The topological polar surface area (TPSA) is 75.4 Å². The molecule has 1 amide bonds. The van der Waals surface area contributed by atoms with E-state index in [1.165, 1.54) is 0 Å². The minimum absolute atomic E-state index is 0.0774. The predicted molar refractivity (Wildman–Crippen MR) is 75.3 cm³/mol. The molecule has 5 heteroatoms. The van der Waals surface area contributed by atoms with Gasteiger partial charge in [0.05, 0.1) is 5.69 Å². The SMILES string of the molecule is Cc1noc(C)c1CCC(=O)N[C@@H]1CCC[C@@H](CO)C1. The first-order valence-electron chi connectivity index (χ1n) is 7.42. The van der Waals surface area contributed by atoms with Crippen molar-refractivity contribution in [2.24, 2.45) is 5.92 Å². The van der Waals surface area contributed by atoms with Crippen LogP contribution in [-0.4, -0.2) is 28.8 Å². The third-order valence-corrected chi connectivity index (χ3v) is 4.19. The lowest BCUT2D eigenvalue weighted by atomic mass is 9.86. The van der Waals surface area contributed by atoms with E-state index < -0.39 is 0 Å². The van der Waals surface area contributed by atoms with Crippen LogP contribution in [0.2, 0.25) is 0 Å². The van der Waals surface area contributed by atoms with Gasteiger partial charge in [-0.3, -0.25) is 4.79 Å². The van der Waals surface area contributed by atoms with Crippen molar-refractivity contribution in [3.8, 4) is 0 Å². The second-order valence-corrected chi connectivity index (χ2v) is 5.78. The molecule has 2 rings (SSSR count). The van der Waals surface area contributed by atoms with Crippen molar-refractivity contribution in [2.75, 3.05) is 6.61 Å². The monoisotopic (exact) mass is 280 g/mol. The molecule has 0 aliphatic heterocycles.